The fourth-order valence-electron chi connectivity index (χ4n) is 4.11. The number of nitrogens with zero attached hydrogens (tertiary/aromatic N) is 1. The molecule has 0 bridgehead atoms. The summed E-state index contributed by atoms with van der Waals surface area (Å²) in [5.41, 5.74) is 4.31. The van der Waals surface area contributed by atoms with Gasteiger partial charge >= 0.3 is 5.97 Å². The third kappa shape index (κ3) is 2.78. The molecule has 0 aliphatic heterocycles. The molecule has 0 unspecified atom stereocenters. The van der Waals surface area contributed by atoms with E-state index in [1.165, 1.54) is 6.07 Å². The van der Waals surface area contributed by atoms with Crippen LogP contribution in [0.15, 0.2) is 36.4 Å². The number of phenols is 1. The minimum Gasteiger partial charge on any atom is -0.508 e. The molecule has 27 heavy (non-hydrogen) atoms. The summed E-state index contributed by atoms with van der Waals surface area (Å²) in [6, 6.07) is 10.2. The largest absolute Gasteiger partial charge is 0.508 e. The zero-order valence-corrected chi connectivity index (χ0v) is 15.5. The number of aryl methyl sites for hydroxylation is 1. The molecule has 1 aliphatic rings. The smallest absolute Gasteiger partial charge is 0.307 e. The second-order valence-corrected chi connectivity index (χ2v) is 7.71. The molecule has 5 heteroatoms. The number of hydrogen-bond donors (Lipinski definition) is 2. The second-order valence-electron chi connectivity index (χ2n) is 7.71. The molecule has 0 amide bonds. The van der Waals surface area contributed by atoms with Crippen molar-refractivity contribution in [2.45, 2.75) is 39.0 Å². The predicted octanol–water partition coefficient (Wildman–Crippen LogP) is 5.10. The average Bonchev–Trinajstić information content (AvgIpc) is 3.32. The van der Waals surface area contributed by atoms with E-state index in [1.54, 1.807) is 31.2 Å². The van der Waals surface area contributed by atoms with Crippen LogP contribution in [0, 0.1) is 18.7 Å². The molecule has 1 aliphatic carbocycles. The average molecular weight is 367 g/mol. The van der Waals surface area contributed by atoms with Crippen molar-refractivity contribution in [2.75, 3.05) is 0 Å². The van der Waals surface area contributed by atoms with Crippen LogP contribution >= 0.6 is 0 Å². The Labute approximate surface area is 156 Å². The first kappa shape index (κ1) is 17.6. The van der Waals surface area contributed by atoms with Crippen molar-refractivity contribution in [3.05, 3.63) is 59.0 Å². The summed E-state index contributed by atoms with van der Waals surface area (Å²) in [6.45, 7) is 5.87. The van der Waals surface area contributed by atoms with Crippen molar-refractivity contribution in [3.8, 4) is 11.4 Å². The molecule has 0 radical (unpaired) electrons. The van der Waals surface area contributed by atoms with Crippen LogP contribution in [0.5, 0.6) is 5.75 Å². The first-order valence-corrected chi connectivity index (χ1v) is 9.16. The Balaban J connectivity index is 2.05. The number of aromatic hydroxyl groups is 1. The molecular weight excluding hydrogens is 345 g/mol. The van der Waals surface area contributed by atoms with E-state index in [0.717, 1.165) is 27.8 Å². The van der Waals surface area contributed by atoms with Crippen molar-refractivity contribution in [2.24, 2.45) is 5.92 Å². The van der Waals surface area contributed by atoms with Crippen molar-refractivity contribution in [3.63, 3.8) is 0 Å². The van der Waals surface area contributed by atoms with Crippen LogP contribution in [0.2, 0.25) is 0 Å². The number of aliphatic carboxylic acids is 1. The molecular formula is C22H22FNO3. The minimum absolute atomic E-state index is 0.0630. The number of carbonyl (C=O) groups is 1. The summed E-state index contributed by atoms with van der Waals surface area (Å²) in [4.78, 5) is 11.5. The number of halogens is 1. The van der Waals surface area contributed by atoms with Gasteiger partial charge in [-0.2, -0.15) is 0 Å². The van der Waals surface area contributed by atoms with Crippen molar-refractivity contribution in [1.82, 2.24) is 4.57 Å². The molecule has 2 N–H and O–H groups in total. The SMILES string of the molecule is Cc1cc(-n2c(C(C)C)c([C@H]3C[C@H]3C(=O)O)c3cc(O)ccc32)ccc1F. The highest BCUT2D eigenvalue weighted by Crippen LogP contribution is 2.53. The number of carboxylic acid groups (broad SMARTS) is 1. The van der Waals surface area contributed by atoms with Gasteiger partial charge in [-0.3, -0.25) is 4.79 Å². The lowest BCUT2D eigenvalue weighted by Crippen LogP contribution is -2.06. The number of phenolic OH excluding ortho intramolecular Hbond substituents is 1. The Kier molecular flexibility index (Phi) is 3.98. The number of benzene rings is 2. The number of aromatic nitrogens is 1. The van der Waals surface area contributed by atoms with Gasteiger partial charge in [0.15, 0.2) is 0 Å². The Morgan fingerprint density at radius 3 is 2.56 bits per heavy atom. The highest BCUT2D eigenvalue weighted by molar-refractivity contribution is 5.91. The second kappa shape index (κ2) is 6.12. The number of carboxylic acids is 1. The van der Waals surface area contributed by atoms with Crippen LogP contribution in [-0.4, -0.2) is 20.7 Å². The first-order chi connectivity index (χ1) is 12.8. The van der Waals surface area contributed by atoms with Crippen molar-refractivity contribution >= 4 is 16.9 Å². The van der Waals surface area contributed by atoms with Crippen LogP contribution in [0.3, 0.4) is 0 Å². The van der Waals surface area contributed by atoms with E-state index in [4.69, 9.17) is 0 Å². The van der Waals surface area contributed by atoms with Gasteiger partial charge in [-0.25, -0.2) is 4.39 Å². The van der Waals surface area contributed by atoms with Crippen LogP contribution in [0.4, 0.5) is 4.39 Å². The van der Waals surface area contributed by atoms with Gasteiger partial charge in [0, 0.05) is 22.7 Å². The Hall–Kier alpha value is -2.82. The van der Waals surface area contributed by atoms with Gasteiger partial charge in [0.25, 0.3) is 0 Å². The van der Waals surface area contributed by atoms with Gasteiger partial charge in [0.05, 0.1) is 11.4 Å². The maximum absolute atomic E-state index is 13.8. The highest BCUT2D eigenvalue weighted by atomic mass is 19.1. The third-order valence-corrected chi connectivity index (χ3v) is 5.45. The van der Waals surface area contributed by atoms with E-state index in [9.17, 15) is 19.4 Å². The Morgan fingerprint density at radius 2 is 1.96 bits per heavy atom. The molecule has 0 spiro atoms. The molecule has 2 atom stereocenters. The lowest BCUT2D eigenvalue weighted by Gasteiger charge is -2.16. The van der Waals surface area contributed by atoms with Crippen LogP contribution in [0.25, 0.3) is 16.6 Å². The number of fused-ring (bicyclic) bond motifs is 1. The Morgan fingerprint density at radius 1 is 1.22 bits per heavy atom. The third-order valence-electron chi connectivity index (χ3n) is 5.45. The summed E-state index contributed by atoms with van der Waals surface area (Å²) >= 11 is 0. The molecule has 1 fully saturated rings. The normalized spacial score (nSPS) is 19.0. The quantitative estimate of drug-likeness (QED) is 0.675. The molecule has 0 saturated heterocycles. The zero-order chi connectivity index (χ0) is 19.5. The van der Waals surface area contributed by atoms with Gasteiger partial charge in [-0.1, -0.05) is 13.8 Å². The standard InChI is InChI=1S/C22H22FNO3/c1-11(2)21-20(15-10-16(15)22(26)27)17-9-14(25)5-7-19(17)24(21)13-4-6-18(23)12(3)8-13/h4-9,11,15-16,25H,10H2,1-3H3,(H,26,27)/t15-,16+/m0/s1. The molecule has 1 heterocycles. The summed E-state index contributed by atoms with van der Waals surface area (Å²) in [5, 5.41) is 20.4. The molecule has 2 aromatic carbocycles. The molecule has 4 nitrogen and oxygen atoms in total. The van der Waals surface area contributed by atoms with Crippen molar-refractivity contribution in [1.29, 1.82) is 0 Å². The molecule has 140 valence electrons. The van der Waals surface area contributed by atoms with E-state index in [0.29, 0.717) is 12.0 Å². The summed E-state index contributed by atoms with van der Waals surface area (Å²) < 4.78 is 15.9. The van der Waals surface area contributed by atoms with E-state index >= 15 is 0 Å². The monoisotopic (exact) mass is 367 g/mol. The molecule has 1 aromatic heterocycles. The molecule has 3 aromatic rings. The lowest BCUT2D eigenvalue weighted by molar-refractivity contribution is -0.138. The number of hydrogen-bond acceptors (Lipinski definition) is 2. The first-order valence-electron chi connectivity index (χ1n) is 9.16. The van der Waals surface area contributed by atoms with Crippen molar-refractivity contribution < 1.29 is 19.4 Å². The lowest BCUT2D eigenvalue weighted by atomic mass is 9.98. The zero-order valence-electron chi connectivity index (χ0n) is 15.5. The van der Waals surface area contributed by atoms with E-state index < -0.39 is 5.97 Å². The van der Waals surface area contributed by atoms with Crippen LogP contribution in [-0.2, 0) is 4.79 Å². The van der Waals surface area contributed by atoms with E-state index in [-0.39, 0.29) is 29.3 Å². The summed E-state index contributed by atoms with van der Waals surface area (Å²) in [6.07, 6.45) is 0.603. The molecule has 4 rings (SSSR count). The maximum Gasteiger partial charge on any atom is 0.307 e. The van der Waals surface area contributed by atoms with Gasteiger partial charge in [-0.05, 0) is 66.8 Å². The summed E-state index contributed by atoms with van der Waals surface area (Å²) in [5.74, 6) is -1.21. The van der Waals surface area contributed by atoms with Gasteiger partial charge in [0.1, 0.15) is 11.6 Å². The van der Waals surface area contributed by atoms with Gasteiger partial charge < -0.3 is 14.8 Å². The molecule has 1 saturated carbocycles. The summed E-state index contributed by atoms with van der Waals surface area (Å²) in [7, 11) is 0. The van der Waals surface area contributed by atoms with E-state index in [2.05, 4.69) is 18.4 Å². The number of rotatable bonds is 4. The van der Waals surface area contributed by atoms with Crippen LogP contribution in [0.1, 0.15) is 48.9 Å². The van der Waals surface area contributed by atoms with Crippen LogP contribution < -0.4 is 0 Å². The fraction of sp³-hybridized carbons (Fsp3) is 0.318. The maximum atomic E-state index is 13.8. The van der Waals surface area contributed by atoms with Gasteiger partial charge in [0.2, 0.25) is 0 Å². The minimum atomic E-state index is -0.784. The topological polar surface area (TPSA) is 62.5 Å². The van der Waals surface area contributed by atoms with Gasteiger partial charge in [-0.15, -0.1) is 0 Å². The predicted molar refractivity (Wildman–Crippen MR) is 102 cm³/mol. The Bertz CT molecular complexity index is 1070. The van der Waals surface area contributed by atoms with E-state index in [1.807, 2.05) is 6.07 Å². The highest BCUT2D eigenvalue weighted by Gasteiger charge is 2.47. The fourth-order valence-corrected chi connectivity index (χ4v) is 4.11.